The Morgan fingerprint density at radius 2 is 2.11 bits per heavy atom. The summed E-state index contributed by atoms with van der Waals surface area (Å²) in [6.45, 7) is 0. The third kappa shape index (κ3) is 2.66. The standard InChI is InChI=1S/C11H13ClN6S/c12-9-6-5-8(13)10(14-9)19-11-15-16-17-18(11)7-3-1-2-4-7/h5-7H,1-4,13H2. The molecular weight excluding hydrogens is 284 g/mol. The topological polar surface area (TPSA) is 82.5 Å². The highest BCUT2D eigenvalue weighted by atomic mass is 35.5. The largest absolute Gasteiger partial charge is 0.397 e. The number of halogens is 1. The second-order valence-electron chi connectivity index (χ2n) is 4.47. The van der Waals surface area contributed by atoms with E-state index in [0.717, 1.165) is 12.8 Å². The van der Waals surface area contributed by atoms with Gasteiger partial charge in [-0.1, -0.05) is 24.4 Å². The quantitative estimate of drug-likeness (QED) is 0.877. The zero-order valence-corrected chi connectivity index (χ0v) is 11.7. The summed E-state index contributed by atoms with van der Waals surface area (Å²) < 4.78 is 1.87. The van der Waals surface area contributed by atoms with Gasteiger partial charge in [-0.3, -0.25) is 0 Å². The Morgan fingerprint density at radius 1 is 1.32 bits per heavy atom. The fourth-order valence-corrected chi connectivity index (χ4v) is 3.28. The zero-order chi connectivity index (χ0) is 13.2. The summed E-state index contributed by atoms with van der Waals surface area (Å²) in [4.78, 5) is 4.21. The number of nitrogens with two attached hydrogens (primary N) is 1. The summed E-state index contributed by atoms with van der Waals surface area (Å²) >= 11 is 7.24. The molecule has 1 aliphatic carbocycles. The van der Waals surface area contributed by atoms with Crippen molar-refractivity contribution in [2.75, 3.05) is 5.73 Å². The molecule has 0 atom stereocenters. The first kappa shape index (κ1) is 12.7. The predicted molar refractivity (Wildman–Crippen MR) is 73.1 cm³/mol. The number of anilines is 1. The molecule has 0 bridgehead atoms. The first-order chi connectivity index (χ1) is 9.24. The van der Waals surface area contributed by atoms with Crippen LogP contribution >= 0.6 is 23.4 Å². The number of rotatable bonds is 3. The third-order valence-electron chi connectivity index (χ3n) is 3.18. The van der Waals surface area contributed by atoms with Crippen LogP contribution < -0.4 is 5.73 Å². The second-order valence-corrected chi connectivity index (χ2v) is 5.82. The van der Waals surface area contributed by atoms with Crippen LogP contribution in [0.2, 0.25) is 5.15 Å². The van der Waals surface area contributed by atoms with Gasteiger partial charge in [-0.15, -0.1) is 5.10 Å². The van der Waals surface area contributed by atoms with Gasteiger partial charge in [0.05, 0.1) is 11.7 Å². The van der Waals surface area contributed by atoms with Crippen LogP contribution in [0.25, 0.3) is 0 Å². The van der Waals surface area contributed by atoms with E-state index in [0.29, 0.717) is 27.1 Å². The van der Waals surface area contributed by atoms with Gasteiger partial charge in [-0.05, 0) is 47.2 Å². The summed E-state index contributed by atoms with van der Waals surface area (Å²) in [5.41, 5.74) is 6.47. The van der Waals surface area contributed by atoms with Gasteiger partial charge in [-0.25, -0.2) is 9.67 Å². The van der Waals surface area contributed by atoms with E-state index >= 15 is 0 Å². The molecule has 1 aliphatic rings. The number of aromatic nitrogens is 5. The average molecular weight is 297 g/mol. The minimum Gasteiger partial charge on any atom is -0.397 e. The van der Waals surface area contributed by atoms with Gasteiger partial charge in [0.1, 0.15) is 10.2 Å². The SMILES string of the molecule is Nc1ccc(Cl)nc1Sc1nnnn1C1CCCC1. The lowest BCUT2D eigenvalue weighted by molar-refractivity contribution is 0.423. The van der Waals surface area contributed by atoms with Gasteiger partial charge < -0.3 is 5.73 Å². The monoisotopic (exact) mass is 296 g/mol. The van der Waals surface area contributed by atoms with E-state index in [2.05, 4.69) is 20.5 Å². The van der Waals surface area contributed by atoms with Crippen molar-refractivity contribution >= 4 is 29.1 Å². The van der Waals surface area contributed by atoms with Gasteiger partial charge in [0.2, 0.25) is 5.16 Å². The molecule has 2 aromatic rings. The number of nitrogen functional groups attached to an aromatic ring is 1. The normalized spacial score (nSPS) is 16.1. The van der Waals surface area contributed by atoms with Crippen molar-refractivity contribution in [3.05, 3.63) is 17.3 Å². The lowest BCUT2D eigenvalue weighted by Crippen LogP contribution is -2.08. The molecule has 2 aromatic heterocycles. The fraction of sp³-hybridized carbons (Fsp3) is 0.455. The fourth-order valence-electron chi connectivity index (χ4n) is 2.23. The number of hydrogen-bond donors (Lipinski definition) is 1. The van der Waals surface area contributed by atoms with Crippen LogP contribution in [0, 0.1) is 0 Å². The second kappa shape index (κ2) is 5.34. The van der Waals surface area contributed by atoms with Crippen LogP contribution in [-0.4, -0.2) is 25.2 Å². The molecule has 19 heavy (non-hydrogen) atoms. The van der Waals surface area contributed by atoms with Crippen molar-refractivity contribution in [2.24, 2.45) is 0 Å². The molecule has 2 N–H and O–H groups in total. The Bertz CT molecular complexity index is 580. The molecule has 1 fully saturated rings. The molecular formula is C11H13ClN6S. The molecule has 0 spiro atoms. The molecule has 0 aromatic carbocycles. The molecule has 100 valence electrons. The number of nitrogens with zero attached hydrogens (tertiary/aromatic N) is 5. The van der Waals surface area contributed by atoms with Crippen LogP contribution in [0.3, 0.4) is 0 Å². The van der Waals surface area contributed by atoms with Gasteiger partial charge in [0.25, 0.3) is 0 Å². The van der Waals surface area contributed by atoms with Crippen LogP contribution in [-0.2, 0) is 0 Å². The maximum absolute atomic E-state index is 5.89. The molecule has 8 heteroatoms. The van der Waals surface area contributed by atoms with Gasteiger partial charge in [-0.2, -0.15) is 0 Å². The third-order valence-corrected chi connectivity index (χ3v) is 4.36. The van der Waals surface area contributed by atoms with Crippen molar-refractivity contribution in [1.29, 1.82) is 0 Å². The van der Waals surface area contributed by atoms with Crippen molar-refractivity contribution in [3.8, 4) is 0 Å². The molecule has 3 rings (SSSR count). The molecule has 0 radical (unpaired) electrons. The van der Waals surface area contributed by atoms with E-state index in [1.165, 1.54) is 24.6 Å². The van der Waals surface area contributed by atoms with E-state index in [1.54, 1.807) is 12.1 Å². The molecule has 0 aliphatic heterocycles. The highest BCUT2D eigenvalue weighted by molar-refractivity contribution is 7.99. The van der Waals surface area contributed by atoms with E-state index < -0.39 is 0 Å². The van der Waals surface area contributed by atoms with Gasteiger partial charge >= 0.3 is 0 Å². The van der Waals surface area contributed by atoms with E-state index in [1.807, 2.05) is 4.68 Å². The summed E-state index contributed by atoms with van der Waals surface area (Å²) in [5, 5.41) is 13.7. The van der Waals surface area contributed by atoms with E-state index in [4.69, 9.17) is 17.3 Å². The first-order valence-electron chi connectivity index (χ1n) is 6.12. The van der Waals surface area contributed by atoms with Gasteiger partial charge in [0, 0.05) is 0 Å². The van der Waals surface area contributed by atoms with Crippen LogP contribution in [0.1, 0.15) is 31.7 Å². The molecule has 1 saturated carbocycles. The Labute approximate surface area is 119 Å². The predicted octanol–water partition coefficient (Wildman–Crippen LogP) is 2.57. The summed E-state index contributed by atoms with van der Waals surface area (Å²) in [6, 6.07) is 3.79. The number of hydrogen-bond acceptors (Lipinski definition) is 6. The summed E-state index contributed by atoms with van der Waals surface area (Å²) in [6.07, 6.45) is 4.70. The Hall–Kier alpha value is -1.34. The van der Waals surface area contributed by atoms with Crippen molar-refractivity contribution in [1.82, 2.24) is 25.2 Å². The van der Waals surface area contributed by atoms with Gasteiger partial charge in [0.15, 0.2) is 0 Å². The summed E-state index contributed by atoms with van der Waals surface area (Å²) in [5.74, 6) is 0. The number of tetrazole rings is 1. The number of pyridine rings is 1. The summed E-state index contributed by atoms with van der Waals surface area (Å²) in [7, 11) is 0. The van der Waals surface area contributed by atoms with Crippen molar-refractivity contribution < 1.29 is 0 Å². The minimum atomic E-state index is 0.387. The van der Waals surface area contributed by atoms with Crippen LogP contribution in [0.15, 0.2) is 22.3 Å². The van der Waals surface area contributed by atoms with Crippen molar-refractivity contribution in [3.63, 3.8) is 0 Å². The van der Waals surface area contributed by atoms with E-state index in [-0.39, 0.29) is 0 Å². The first-order valence-corrected chi connectivity index (χ1v) is 7.31. The Morgan fingerprint density at radius 3 is 2.89 bits per heavy atom. The highest BCUT2D eigenvalue weighted by Gasteiger charge is 2.22. The Balaban J connectivity index is 1.87. The maximum Gasteiger partial charge on any atom is 0.215 e. The van der Waals surface area contributed by atoms with Crippen LogP contribution in [0.5, 0.6) is 0 Å². The lowest BCUT2D eigenvalue weighted by Gasteiger charge is -2.11. The highest BCUT2D eigenvalue weighted by Crippen LogP contribution is 2.35. The van der Waals surface area contributed by atoms with Crippen molar-refractivity contribution in [2.45, 2.75) is 41.9 Å². The van der Waals surface area contributed by atoms with E-state index in [9.17, 15) is 0 Å². The zero-order valence-electron chi connectivity index (χ0n) is 10.2. The molecule has 0 unspecified atom stereocenters. The average Bonchev–Trinajstić information content (AvgIpc) is 3.03. The smallest absolute Gasteiger partial charge is 0.215 e. The van der Waals surface area contributed by atoms with Crippen LogP contribution in [0.4, 0.5) is 5.69 Å². The Kier molecular flexibility index (Phi) is 3.56. The molecule has 0 saturated heterocycles. The molecule has 0 amide bonds. The lowest BCUT2D eigenvalue weighted by atomic mass is 10.3. The molecule has 6 nitrogen and oxygen atoms in total. The molecule has 2 heterocycles. The minimum absolute atomic E-state index is 0.387. The maximum atomic E-state index is 5.89.